The van der Waals surface area contributed by atoms with Crippen LogP contribution in [0.1, 0.15) is 46.9 Å². The van der Waals surface area contributed by atoms with Gasteiger partial charge in [0.05, 0.1) is 18.2 Å². The van der Waals surface area contributed by atoms with Crippen LogP contribution >= 0.6 is 0 Å². The van der Waals surface area contributed by atoms with Crippen molar-refractivity contribution < 1.29 is 18.7 Å². The van der Waals surface area contributed by atoms with Crippen LogP contribution in [0.4, 0.5) is 0 Å². The zero-order valence-corrected chi connectivity index (χ0v) is 15.5. The van der Waals surface area contributed by atoms with E-state index in [2.05, 4.69) is 10.6 Å². The molecular formula is C20H26N2O4. The lowest BCUT2D eigenvalue weighted by Crippen LogP contribution is -2.37. The molecule has 6 heteroatoms. The van der Waals surface area contributed by atoms with Crippen molar-refractivity contribution in [2.75, 3.05) is 19.7 Å². The van der Waals surface area contributed by atoms with E-state index in [1.807, 2.05) is 37.3 Å². The van der Waals surface area contributed by atoms with Crippen molar-refractivity contribution in [3.8, 4) is 0 Å². The molecule has 0 saturated carbocycles. The minimum absolute atomic E-state index is 0.0212. The molecule has 0 aliphatic carbocycles. The zero-order chi connectivity index (χ0) is 18.9. The van der Waals surface area contributed by atoms with Gasteiger partial charge >= 0.3 is 0 Å². The monoisotopic (exact) mass is 358 g/mol. The summed E-state index contributed by atoms with van der Waals surface area (Å²) in [6.07, 6.45) is 0.726. The van der Waals surface area contributed by atoms with Gasteiger partial charge in [0, 0.05) is 13.2 Å². The maximum atomic E-state index is 12.0. The Balaban J connectivity index is 1.59. The molecule has 1 unspecified atom stereocenters. The Bertz CT molecular complexity index is 725. The average Bonchev–Trinajstić information content (AvgIpc) is 2.98. The molecule has 1 aromatic heterocycles. The lowest BCUT2D eigenvalue weighted by atomic mass is 10.1. The minimum atomic E-state index is -0.311. The maximum Gasteiger partial charge on any atom is 0.255 e. The molecular weight excluding hydrogens is 332 g/mol. The Hall–Kier alpha value is -2.60. The van der Waals surface area contributed by atoms with E-state index in [1.54, 1.807) is 19.9 Å². The fourth-order valence-electron chi connectivity index (χ4n) is 2.55. The van der Waals surface area contributed by atoms with E-state index in [0.29, 0.717) is 36.7 Å². The molecule has 2 amide bonds. The van der Waals surface area contributed by atoms with Gasteiger partial charge in [-0.3, -0.25) is 9.59 Å². The highest BCUT2D eigenvalue weighted by atomic mass is 16.5. The minimum Gasteiger partial charge on any atom is -0.466 e. The molecule has 0 radical (unpaired) electrons. The van der Waals surface area contributed by atoms with Crippen molar-refractivity contribution >= 4 is 11.8 Å². The first-order valence-corrected chi connectivity index (χ1v) is 8.76. The van der Waals surface area contributed by atoms with Gasteiger partial charge in [-0.05, 0) is 38.8 Å². The largest absolute Gasteiger partial charge is 0.466 e. The van der Waals surface area contributed by atoms with Crippen molar-refractivity contribution in [1.29, 1.82) is 0 Å². The van der Waals surface area contributed by atoms with Crippen LogP contribution in [0.5, 0.6) is 0 Å². The van der Waals surface area contributed by atoms with Gasteiger partial charge < -0.3 is 19.8 Å². The Morgan fingerprint density at radius 1 is 1.15 bits per heavy atom. The van der Waals surface area contributed by atoms with Crippen molar-refractivity contribution in [2.24, 2.45) is 0 Å². The number of ether oxygens (including phenoxy) is 1. The van der Waals surface area contributed by atoms with Crippen molar-refractivity contribution in [3.05, 3.63) is 59.0 Å². The van der Waals surface area contributed by atoms with Crippen LogP contribution in [0.3, 0.4) is 0 Å². The molecule has 1 aromatic carbocycles. The third kappa shape index (κ3) is 6.04. The number of hydrogen-bond donors (Lipinski definition) is 2. The Morgan fingerprint density at radius 3 is 2.54 bits per heavy atom. The van der Waals surface area contributed by atoms with Gasteiger partial charge in [-0.1, -0.05) is 30.3 Å². The molecule has 26 heavy (non-hydrogen) atoms. The molecule has 0 spiro atoms. The quantitative estimate of drug-likeness (QED) is 0.676. The van der Waals surface area contributed by atoms with E-state index < -0.39 is 0 Å². The highest BCUT2D eigenvalue weighted by Gasteiger charge is 2.14. The average molecular weight is 358 g/mol. The molecule has 1 atom stereocenters. The molecule has 0 aliphatic rings. The highest BCUT2D eigenvalue weighted by molar-refractivity contribution is 5.97. The Labute approximate surface area is 153 Å². The van der Waals surface area contributed by atoms with Crippen LogP contribution in [0, 0.1) is 13.8 Å². The third-order valence-electron chi connectivity index (χ3n) is 3.98. The first kappa shape index (κ1) is 19.7. The van der Waals surface area contributed by atoms with Crippen LogP contribution in [-0.2, 0) is 9.53 Å². The first-order chi connectivity index (χ1) is 12.5. The van der Waals surface area contributed by atoms with E-state index in [0.717, 1.165) is 5.56 Å². The fourth-order valence-corrected chi connectivity index (χ4v) is 2.55. The second kappa shape index (κ2) is 9.77. The van der Waals surface area contributed by atoms with Gasteiger partial charge in [-0.2, -0.15) is 0 Å². The molecule has 6 nitrogen and oxygen atoms in total. The predicted molar refractivity (Wildman–Crippen MR) is 99.0 cm³/mol. The summed E-state index contributed by atoms with van der Waals surface area (Å²) in [4.78, 5) is 23.8. The smallest absolute Gasteiger partial charge is 0.255 e. The molecule has 0 bridgehead atoms. The van der Waals surface area contributed by atoms with E-state index in [4.69, 9.17) is 9.15 Å². The van der Waals surface area contributed by atoms with Crippen LogP contribution in [0.25, 0.3) is 0 Å². The van der Waals surface area contributed by atoms with Gasteiger partial charge in [0.1, 0.15) is 11.5 Å². The van der Waals surface area contributed by atoms with E-state index in [9.17, 15) is 9.59 Å². The summed E-state index contributed by atoms with van der Waals surface area (Å²) in [5.41, 5.74) is 1.59. The predicted octanol–water partition coefficient (Wildman–Crippen LogP) is 2.91. The molecule has 0 fully saturated rings. The van der Waals surface area contributed by atoms with Crippen molar-refractivity contribution in [1.82, 2.24) is 10.6 Å². The number of benzene rings is 1. The second-order valence-corrected chi connectivity index (χ2v) is 6.14. The summed E-state index contributed by atoms with van der Waals surface area (Å²) >= 11 is 0. The third-order valence-corrected chi connectivity index (χ3v) is 3.98. The van der Waals surface area contributed by atoms with Gasteiger partial charge in [0.15, 0.2) is 0 Å². The molecule has 2 N–H and O–H groups in total. The van der Waals surface area contributed by atoms with Crippen LogP contribution in [-0.4, -0.2) is 31.5 Å². The van der Waals surface area contributed by atoms with Gasteiger partial charge in [-0.15, -0.1) is 0 Å². The SMILES string of the molecule is Cc1cc(C(=O)NCC(=O)NCCCOC(C)c2ccccc2)c(C)o1. The normalized spacial score (nSPS) is 11.8. The molecule has 2 aromatic rings. The Kier molecular flexibility index (Phi) is 7.41. The first-order valence-electron chi connectivity index (χ1n) is 8.76. The molecule has 0 aliphatic heterocycles. The lowest BCUT2D eigenvalue weighted by Gasteiger charge is -2.13. The standard InChI is InChI=1S/C20H26N2O4/c1-14-12-18(16(3)26-14)20(24)22-13-19(23)21-10-7-11-25-15(2)17-8-5-4-6-9-17/h4-6,8-9,12,15H,7,10-11,13H2,1-3H3,(H,21,23)(H,22,24). The number of amides is 2. The summed E-state index contributed by atoms with van der Waals surface area (Å²) < 4.78 is 11.1. The van der Waals surface area contributed by atoms with E-state index in [1.165, 1.54) is 0 Å². The Morgan fingerprint density at radius 2 is 1.88 bits per heavy atom. The van der Waals surface area contributed by atoms with Gasteiger partial charge in [-0.25, -0.2) is 0 Å². The lowest BCUT2D eigenvalue weighted by molar-refractivity contribution is -0.120. The molecule has 1 heterocycles. The number of aryl methyl sites for hydroxylation is 2. The van der Waals surface area contributed by atoms with Crippen LogP contribution in [0.2, 0.25) is 0 Å². The molecule has 0 saturated heterocycles. The summed E-state index contributed by atoms with van der Waals surface area (Å²) in [7, 11) is 0. The number of rotatable bonds is 9. The topological polar surface area (TPSA) is 80.6 Å². The van der Waals surface area contributed by atoms with Gasteiger partial charge in [0.2, 0.25) is 5.91 Å². The molecule has 2 rings (SSSR count). The highest BCUT2D eigenvalue weighted by Crippen LogP contribution is 2.15. The van der Waals surface area contributed by atoms with Crippen LogP contribution < -0.4 is 10.6 Å². The molecule has 140 valence electrons. The summed E-state index contributed by atoms with van der Waals surface area (Å²) in [6, 6.07) is 11.6. The number of nitrogens with one attached hydrogen (secondary N) is 2. The van der Waals surface area contributed by atoms with Crippen molar-refractivity contribution in [3.63, 3.8) is 0 Å². The summed E-state index contributed by atoms with van der Waals surface area (Å²) in [5.74, 6) is 0.675. The fraction of sp³-hybridized carbons (Fsp3) is 0.400. The number of furan rings is 1. The number of hydrogen-bond acceptors (Lipinski definition) is 4. The number of carbonyl (C=O) groups is 2. The van der Waals surface area contributed by atoms with Crippen LogP contribution in [0.15, 0.2) is 40.8 Å². The summed E-state index contributed by atoms with van der Waals surface area (Å²) in [5, 5.41) is 5.36. The maximum absolute atomic E-state index is 12.0. The summed E-state index contributed by atoms with van der Waals surface area (Å²) in [6.45, 7) is 6.48. The number of carbonyl (C=O) groups excluding carboxylic acids is 2. The van der Waals surface area contributed by atoms with Crippen molar-refractivity contribution in [2.45, 2.75) is 33.3 Å². The second-order valence-electron chi connectivity index (χ2n) is 6.14. The zero-order valence-electron chi connectivity index (χ0n) is 15.5. The van der Waals surface area contributed by atoms with E-state index >= 15 is 0 Å². The van der Waals surface area contributed by atoms with Gasteiger partial charge in [0.25, 0.3) is 5.91 Å². The van der Waals surface area contributed by atoms with E-state index in [-0.39, 0.29) is 24.5 Å².